The fourth-order valence-corrected chi connectivity index (χ4v) is 6.16. The second-order valence-corrected chi connectivity index (χ2v) is 9.36. The summed E-state index contributed by atoms with van der Waals surface area (Å²) in [4.78, 5) is 17.1. The van der Waals surface area contributed by atoms with Gasteiger partial charge in [0.15, 0.2) is 0 Å². The summed E-state index contributed by atoms with van der Waals surface area (Å²) in [6.07, 6.45) is 7.77. The third-order valence-electron chi connectivity index (χ3n) is 6.08. The van der Waals surface area contributed by atoms with Crippen molar-refractivity contribution in [2.45, 2.75) is 75.3 Å². The van der Waals surface area contributed by atoms with Crippen LogP contribution in [0.15, 0.2) is 9.64 Å². The van der Waals surface area contributed by atoms with Crippen molar-refractivity contribution in [3.63, 3.8) is 0 Å². The van der Waals surface area contributed by atoms with Crippen molar-refractivity contribution in [1.82, 2.24) is 10.3 Å². The van der Waals surface area contributed by atoms with Crippen LogP contribution in [0.5, 0.6) is 0 Å². The van der Waals surface area contributed by atoms with E-state index in [1.54, 1.807) is 0 Å². The third-order valence-corrected chi connectivity index (χ3v) is 7.03. The maximum absolute atomic E-state index is 12.7. The summed E-state index contributed by atoms with van der Waals surface area (Å²) in [6.45, 7) is 5.80. The molecule has 126 valence electrons. The number of oxazole rings is 1. The van der Waals surface area contributed by atoms with Gasteiger partial charge in [0.05, 0.1) is 10.9 Å². The van der Waals surface area contributed by atoms with E-state index in [-0.39, 0.29) is 16.7 Å². The van der Waals surface area contributed by atoms with Crippen LogP contribution in [0.25, 0.3) is 0 Å². The Morgan fingerprint density at radius 2 is 1.78 bits per heavy atom. The van der Waals surface area contributed by atoms with Crippen molar-refractivity contribution in [3.05, 3.63) is 11.5 Å². The first kappa shape index (κ1) is 15.6. The zero-order chi connectivity index (χ0) is 16.2. The molecule has 1 N–H and O–H groups in total. The first-order valence-corrected chi connectivity index (χ1v) is 9.73. The monoisotopic (exact) mass is 334 g/mol. The molecule has 0 saturated heterocycles. The second kappa shape index (κ2) is 5.54. The average molecular weight is 334 g/mol. The summed E-state index contributed by atoms with van der Waals surface area (Å²) >= 11 is 1.43. The predicted molar refractivity (Wildman–Crippen MR) is 90.3 cm³/mol. The van der Waals surface area contributed by atoms with E-state index >= 15 is 0 Å². The number of nitrogens with one attached hydrogen (secondary N) is 1. The molecule has 0 spiro atoms. The van der Waals surface area contributed by atoms with Gasteiger partial charge in [-0.3, -0.25) is 4.79 Å². The van der Waals surface area contributed by atoms with Gasteiger partial charge >= 0.3 is 0 Å². The molecular formula is C18H26N2O2S. The Labute approximate surface area is 142 Å². The lowest BCUT2D eigenvalue weighted by atomic mass is 9.53. The standard InChI is InChI=1S/C18H26N2O2S/c1-10-11(2)22-17(19-10)23-12(3)16(21)20-18-7-13-4-14(8-18)6-15(5-13)9-18/h12-15H,4-9H2,1-3H3,(H,20,21). The first-order valence-electron chi connectivity index (χ1n) is 8.85. The molecular weight excluding hydrogens is 308 g/mol. The molecule has 1 aromatic heterocycles. The summed E-state index contributed by atoms with van der Waals surface area (Å²) < 4.78 is 5.60. The summed E-state index contributed by atoms with van der Waals surface area (Å²) in [5.41, 5.74) is 0.990. The van der Waals surface area contributed by atoms with Crippen molar-refractivity contribution >= 4 is 17.7 Å². The lowest BCUT2D eigenvalue weighted by molar-refractivity contribution is -0.126. The molecule has 4 nitrogen and oxygen atoms in total. The van der Waals surface area contributed by atoms with Crippen LogP contribution in [0, 0.1) is 31.6 Å². The highest BCUT2D eigenvalue weighted by molar-refractivity contribution is 8.00. The van der Waals surface area contributed by atoms with Crippen LogP contribution < -0.4 is 5.32 Å². The van der Waals surface area contributed by atoms with E-state index in [2.05, 4.69) is 10.3 Å². The Bertz CT molecular complexity index is 570. The number of thioether (sulfide) groups is 1. The Hall–Kier alpha value is -0.970. The highest BCUT2D eigenvalue weighted by atomic mass is 32.2. The van der Waals surface area contributed by atoms with Crippen LogP contribution in [0.2, 0.25) is 0 Å². The molecule has 1 aromatic rings. The smallest absolute Gasteiger partial charge is 0.256 e. The Morgan fingerprint density at radius 3 is 2.26 bits per heavy atom. The van der Waals surface area contributed by atoms with E-state index in [1.807, 2.05) is 20.8 Å². The normalized spacial score (nSPS) is 36.2. The molecule has 0 aliphatic heterocycles. The second-order valence-electron chi connectivity index (χ2n) is 8.07. The van der Waals surface area contributed by atoms with E-state index in [0.717, 1.165) is 29.2 Å². The maximum atomic E-state index is 12.7. The summed E-state index contributed by atoms with van der Waals surface area (Å²) in [7, 11) is 0. The number of aromatic nitrogens is 1. The molecule has 5 rings (SSSR count). The fourth-order valence-electron chi connectivity index (χ4n) is 5.33. The minimum Gasteiger partial charge on any atom is -0.437 e. The molecule has 4 aliphatic carbocycles. The first-order chi connectivity index (χ1) is 10.9. The van der Waals surface area contributed by atoms with Crippen LogP contribution in [-0.2, 0) is 4.79 Å². The molecule has 4 aliphatic rings. The number of amides is 1. The average Bonchev–Trinajstić information content (AvgIpc) is 2.75. The van der Waals surface area contributed by atoms with E-state index in [1.165, 1.54) is 50.3 Å². The van der Waals surface area contributed by atoms with Gasteiger partial charge in [0.1, 0.15) is 5.76 Å². The van der Waals surface area contributed by atoms with Gasteiger partial charge in [0.25, 0.3) is 5.22 Å². The number of rotatable bonds is 4. The molecule has 4 bridgehead atoms. The highest BCUT2D eigenvalue weighted by Gasteiger charge is 2.51. The van der Waals surface area contributed by atoms with E-state index in [9.17, 15) is 4.79 Å². The van der Waals surface area contributed by atoms with Crippen LogP contribution in [0.4, 0.5) is 0 Å². The molecule has 4 fully saturated rings. The molecule has 0 aromatic carbocycles. The van der Waals surface area contributed by atoms with Crippen LogP contribution >= 0.6 is 11.8 Å². The number of carbonyl (C=O) groups excluding carboxylic acids is 1. The van der Waals surface area contributed by atoms with Gasteiger partial charge in [-0.1, -0.05) is 11.8 Å². The van der Waals surface area contributed by atoms with Gasteiger partial charge in [0, 0.05) is 5.54 Å². The van der Waals surface area contributed by atoms with Crippen LogP contribution in [0.1, 0.15) is 56.9 Å². The quantitative estimate of drug-likeness (QED) is 0.850. The number of nitrogens with zero attached hydrogens (tertiary/aromatic N) is 1. The van der Waals surface area contributed by atoms with Crippen LogP contribution in [0.3, 0.4) is 0 Å². The van der Waals surface area contributed by atoms with Crippen molar-refractivity contribution in [2.24, 2.45) is 17.8 Å². The minimum atomic E-state index is -0.166. The zero-order valence-electron chi connectivity index (χ0n) is 14.2. The van der Waals surface area contributed by atoms with Gasteiger partial charge in [-0.2, -0.15) is 0 Å². The lowest BCUT2D eigenvalue weighted by Crippen LogP contribution is -2.60. The van der Waals surface area contributed by atoms with Gasteiger partial charge in [-0.25, -0.2) is 4.98 Å². The topological polar surface area (TPSA) is 55.1 Å². The van der Waals surface area contributed by atoms with Crippen molar-refractivity contribution in [1.29, 1.82) is 0 Å². The van der Waals surface area contributed by atoms with E-state index < -0.39 is 0 Å². The number of hydrogen-bond donors (Lipinski definition) is 1. The van der Waals surface area contributed by atoms with E-state index in [4.69, 9.17) is 4.42 Å². The molecule has 1 atom stereocenters. The molecule has 23 heavy (non-hydrogen) atoms. The molecule has 5 heteroatoms. The van der Waals surface area contributed by atoms with Gasteiger partial charge in [-0.05, 0) is 77.0 Å². The van der Waals surface area contributed by atoms with Gasteiger partial charge in [0.2, 0.25) is 5.91 Å². The molecule has 1 heterocycles. The third kappa shape index (κ3) is 2.92. The van der Waals surface area contributed by atoms with Crippen LogP contribution in [-0.4, -0.2) is 21.7 Å². The predicted octanol–water partition coefficient (Wildman–Crippen LogP) is 3.86. The number of carbonyl (C=O) groups is 1. The number of hydrogen-bond acceptors (Lipinski definition) is 4. The van der Waals surface area contributed by atoms with E-state index in [0.29, 0.717) is 5.22 Å². The minimum absolute atomic E-state index is 0.0864. The summed E-state index contributed by atoms with van der Waals surface area (Å²) in [5, 5.41) is 3.88. The largest absolute Gasteiger partial charge is 0.437 e. The van der Waals surface area contributed by atoms with Crippen molar-refractivity contribution in [3.8, 4) is 0 Å². The summed E-state index contributed by atoms with van der Waals surface area (Å²) in [6, 6.07) is 0. The van der Waals surface area contributed by atoms with Crippen molar-refractivity contribution in [2.75, 3.05) is 0 Å². The maximum Gasteiger partial charge on any atom is 0.256 e. The Kier molecular flexibility index (Phi) is 3.74. The highest BCUT2D eigenvalue weighted by Crippen LogP contribution is 2.55. The Balaban J connectivity index is 1.41. The molecule has 4 saturated carbocycles. The lowest BCUT2D eigenvalue weighted by Gasteiger charge is -2.57. The van der Waals surface area contributed by atoms with Gasteiger partial charge in [-0.15, -0.1) is 0 Å². The SMILES string of the molecule is Cc1nc(SC(C)C(=O)NC23CC4CC(CC(C4)C2)C3)oc1C. The van der Waals surface area contributed by atoms with Crippen molar-refractivity contribution < 1.29 is 9.21 Å². The molecule has 1 amide bonds. The molecule has 1 unspecified atom stereocenters. The zero-order valence-corrected chi connectivity index (χ0v) is 15.0. The molecule has 0 radical (unpaired) electrons. The fraction of sp³-hybridized carbons (Fsp3) is 0.778. The number of aryl methyl sites for hydroxylation is 2. The summed E-state index contributed by atoms with van der Waals surface area (Å²) in [5.74, 6) is 3.52. The van der Waals surface area contributed by atoms with Gasteiger partial charge < -0.3 is 9.73 Å². The Morgan fingerprint density at radius 1 is 1.22 bits per heavy atom.